The lowest BCUT2D eigenvalue weighted by atomic mass is 10.3. The molecule has 0 atom stereocenters. The fourth-order valence-corrected chi connectivity index (χ4v) is 0.954. The van der Waals surface area contributed by atoms with Crippen LogP contribution in [-0.4, -0.2) is 22.6 Å². The van der Waals surface area contributed by atoms with E-state index in [1.54, 1.807) is 23.5 Å². The van der Waals surface area contributed by atoms with Crippen LogP contribution in [0.5, 0.6) is 0 Å². The van der Waals surface area contributed by atoms with Crippen molar-refractivity contribution in [1.29, 1.82) is 0 Å². The highest BCUT2D eigenvalue weighted by atomic mass is 32.2. The molecule has 0 spiro atoms. The van der Waals surface area contributed by atoms with E-state index in [1.807, 2.05) is 12.5 Å². The molecule has 0 amide bonds. The number of hydrogen-bond acceptors (Lipinski definition) is 4. The van der Waals surface area contributed by atoms with E-state index >= 15 is 0 Å². The van der Waals surface area contributed by atoms with Gasteiger partial charge in [0.2, 0.25) is 0 Å². The molecule has 0 bridgehead atoms. The third-order valence-electron chi connectivity index (χ3n) is 0.891. The lowest BCUT2D eigenvalue weighted by Gasteiger charge is -1.85. The fraction of sp³-hybridized carbons (Fsp3) is 0.857. The SMILES string of the molecule is CCCCN.CSC(=S)SC. The van der Waals surface area contributed by atoms with E-state index in [2.05, 4.69) is 6.92 Å². The Morgan fingerprint density at radius 3 is 1.82 bits per heavy atom. The van der Waals surface area contributed by atoms with Gasteiger partial charge in [-0.2, -0.15) is 0 Å². The Hall–Kier alpha value is 0.750. The van der Waals surface area contributed by atoms with E-state index in [1.165, 1.54) is 12.8 Å². The Morgan fingerprint density at radius 1 is 1.36 bits per heavy atom. The molecule has 0 heterocycles. The molecule has 0 rings (SSSR count). The van der Waals surface area contributed by atoms with Crippen molar-refractivity contribution in [1.82, 2.24) is 0 Å². The zero-order chi connectivity index (χ0) is 9.11. The zero-order valence-electron chi connectivity index (χ0n) is 7.42. The molecule has 4 heteroatoms. The number of unbranched alkanes of at least 4 members (excludes halogenated alkanes) is 1. The minimum Gasteiger partial charge on any atom is -0.330 e. The topological polar surface area (TPSA) is 26.0 Å². The predicted molar refractivity (Wildman–Crippen MR) is 63.6 cm³/mol. The van der Waals surface area contributed by atoms with E-state index in [-0.39, 0.29) is 0 Å². The number of thiocarbonyl (C=S) groups is 1. The van der Waals surface area contributed by atoms with Gasteiger partial charge in [0, 0.05) is 0 Å². The van der Waals surface area contributed by atoms with Crippen molar-refractivity contribution in [2.75, 3.05) is 19.1 Å². The molecular weight excluding hydrogens is 194 g/mol. The first-order chi connectivity index (χ1) is 5.22. The zero-order valence-corrected chi connectivity index (χ0v) is 9.87. The maximum Gasteiger partial charge on any atom is 0.103 e. The smallest absolute Gasteiger partial charge is 0.103 e. The van der Waals surface area contributed by atoms with Crippen LogP contribution < -0.4 is 5.73 Å². The lowest BCUT2D eigenvalue weighted by Crippen LogP contribution is -1.95. The largest absolute Gasteiger partial charge is 0.330 e. The van der Waals surface area contributed by atoms with Gasteiger partial charge in [0.05, 0.1) is 0 Å². The monoisotopic (exact) mass is 211 g/mol. The van der Waals surface area contributed by atoms with E-state index in [4.69, 9.17) is 18.0 Å². The van der Waals surface area contributed by atoms with Crippen LogP contribution in [0.2, 0.25) is 0 Å². The van der Waals surface area contributed by atoms with Crippen LogP contribution in [0, 0.1) is 0 Å². The summed E-state index contributed by atoms with van der Waals surface area (Å²) in [5.41, 5.74) is 5.14. The van der Waals surface area contributed by atoms with Gasteiger partial charge in [0.1, 0.15) is 3.53 Å². The van der Waals surface area contributed by atoms with Crippen LogP contribution >= 0.6 is 35.7 Å². The molecule has 0 aliphatic rings. The van der Waals surface area contributed by atoms with E-state index in [0.717, 1.165) is 10.1 Å². The van der Waals surface area contributed by atoms with E-state index < -0.39 is 0 Å². The van der Waals surface area contributed by atoms with Crippen molar-refractivity contribution in [3.05, 3.63) is 0 Å². The predicted octanol–water partition coefficient (Wildman–Crippen LogP) is 2.74. The van der Waals surface area contributed by atoms with Gasteiger partial charge in [0.25, 0.3) is 0 Å². The molecule has 0 saturated heterocycles. The molecule has 0 saturated carbocycles. The standard InChI is InChI=1S/C4H11N.C3H6S3/c1-2-3-4-5;1-5-3(4)6-2/h2-5H2,1H3;1-2H3. The Bertz CT molecular complexity index is 77.8. The van der Waals surface area contributed by atoms with Gasteiger partial charge in [-0.3, -0.25) is 0 Å². The second-order valence-electron chi connectivity index (χ2n) is 1.80. The van der Waals surface area contributed by atoms with E-state index in [9.17, 15) is 0 Å². The van der Waals surface area contributed by atoms with Crippen LogP contribution in [0.4, 0.5) is 0 Å². The Labute approximate surface area is 83.9 Å². The molecule has 0 radical (unpaired) electrons. The minimum atomic E-state index is 0.844. The quantitative estimate of drug-likeness (QED) is 0.710. The summed E-state index contributed by atoms with van der Waals surface area (Å²) >= 11 is 8.02. The normalized spacial score (nSPS) is 8.36. The van der Waals surface area contributed by atoms with Crippen molar-refractivity contribution in [3.63, 3.8) is 0 Å². The lowest BCUT2D eigenvalue weighted by molar-refractivity contribution is 0.807. The molecule has 0 aromatic rings. The summed E-state index contributed by atoms with van der Waals surface area (Å²) < 4.78 is 1.01. The summed E-state index contributed by atoms with van der Waals surface area (Å²) in [7, 11) is 0. The van der Waals surface area contributed by atoms with Crippen LogP contribution in [-0.2, 0) is 0 Å². The van der Waals surface area contributed by atoms with Gasteiger partial charge in [-0.25, -0.2) is 0 Å². The molecule has 1 nitrogen and oxygen atoms in total. The molecule has 68 valence electrons. The summed E-state index contributed by atoms with van der Waals surface area (Å²) in [6, 6.07) is 0. The van der Waals surface area contributed by atoms with Crippen LogP contribution in [0.25, 0.3) is 0 Å². The average molecular weight is 211 g/mol. The molecule has 0 aliphatic carbocycles. The number of thioether (sulfide) groups is 2. The Morgan fingerprint density at radius 2 is 1.82 bits per heavy atom. The third kappa shape index (κ3) is 18.1. The molecule has 0 unspecified atom stereocenters. The highest BCUT2D eigenvalue weighted by Gasteiger charge is 1.82. The summed E-state index contributed by atoms with van der Waals surface area (Å²) in [4.78, 5) is 0. The number of rotatable bonds is 2. The van der Waals surface area contributed by atoms with Gasteiger partial charge < -0.3 is 5.73 Å². The first kappa shape index (κ1) is 14.3. The van der Waals surface area contributed by atoms with Gasteiger partial charge >= 0.3 is 0 Å². The Balaban J connectivity index is 0. The van der Waals surface area contributed by atoms with Gasteiger partial charge in [-0.05, 0) is 25.5 Å². The second-order valence-corrected chi connectivity index (χ2v) is 4.62. The maximum absolute atomic E-state index is 5.14. The number of nitrogens with two attached hydrogens (primary N) is 1. The van der Waals surface area contributed by atoms with Gasteiger partial charge in [-0.15, -0.1) is 23.5 Å². The summed E-state index contributed by atoms with van der Waals surface area (Å²) in [6.07, 6.45) is 6.36. The third-order valence-corrected chi connectivity index (χ3v) is 3.56. The van der Waals surface area contributed by atoms with Gasteiger partial charge in [-0.1, -0.05) is 25.6 Å². The van der Waals surface area contributed by atoms with Crippen molar-refractivity contribution < 1.29 is 0 Å². The van der Waals surface area contributed by atoms with Crippen molar-refractivity contribution in [2.24, 2.45) is 5.73 Å². The highest BCUT2D eigenvalue weighted by Crippen LogP contribution is 2.08. The molecule has 0 aromatic carbocycles. The fourth-order valence-electron chi connectivity index (χ4n) is 0.287. The summed E-state index contributed by atoms with van der Waals surface area (Å²) in [6.45, 7) is 2.98. The molecular formula is C7H17NS3. The van der Waals surface area contributed by atoms with Gasteiger partial charge in [0.15, 0.2) is 0 Å². The van der Waals surface area contributed by atoms with Crippen LogP contribution in [0.15, 0.2) is 0 Å². The average Bonchev–Trinajstić information content (AvgIpc) is 2.06. The van der Waals surface area contributed by atoms with E-state index in [0.29, 0.717) is 0 Å². The number of hydrogen-bond donors (Lipinski definition) is 1. The molecule has 0 aliphatic heterocycles. The molecule has 11 heavy (non-hydrogen) atoms. The molecule has 0 fully saturated rings. The first-order valence-corrected chi connectivity index (χ1v) is 6.40. The first-order valence-electron chi connectivity index (χ1n) is 3.54. The summed E-state index contributed by atoms with van der Waals surface area (Å²) in [5.74, 6) is 0. The minimum absolute atomic E-state index is 0.844. The molecule has 0 aromatic heterocycles. The highest BCUT2D eigenvalue weighted by molar-refractivity contribution is 8.46. The summed E-state index contributed by atoms with van der Waals surface area (Å²) in [5, 5.41) is 0. The maximum atomic E-state index is 5.14. The molecule has 2 N–H and O–H groups in total. The van der Waals surface area contributed by atoms with Crippen molar-refractivity contribution in [3.8, 4) is 0 Å². The Kier molecular flexibility index (Phi) is 17.3. The van der Waals surface area contributed by atoms with Crippen LogP contribution in [0.3, 0.4) is 0 Å². The van der Waals surface area contributed by atoms with Crippen molar-refractivity contribution >= 4 is 39.3 Å². The van der Waals surface area contributed by atoms with Crippen molar-refractivity contribution in [2.45, 2.75) is 19.8 Å². The second kappa shape index (κ2) is 13.3. The van der Waals surface area contributed by atoms with Crippen LogP contribution in [0.1, 0.15) is 19.8 Å².